The van der Waals surface area contributed by atoms with Crippen LogP contribution < -0.4 is 0 Å². The van der Waals surface area contributed by atoms with Crippen LogP contribution in [0.4, 0.5) is 0 Å². The molecular formula is C42H72O13. The number of aliphatic hydroxyl groups is 9. The Morgan fingerprint density at radius 1 is 0.709 bits per heavy atom. The van der Waals surface area contributed by atoms with Gasteiger partial charge in [0.05, 0.1) is 31.0 Å². The number of rotatable bonds is 10. The first-order chi connectivity index (χ1) is 25.6. The summed E-state index contributed by atoms with van der Waals surface area (Å²) in [4.78, 5) is 0. The lowest BCUT2D eigenvalue weighted by atomic mass is 9.35. The summed E-state index contributed by atoms with van der Waals surface area (Å²) in [5, 5.41) is 96.4. The van der Waals surface area contributed by atoms with Gasteiger partial charge < -0.3 is 64.9 Å². The SMILES string of the molecule is CC(C)=CCC[C@](C)(O)[C@H]1CC[C@@]2(C)[C@H]1[C@H](O[C@@H]1O[C@H](CO)[C@@H](O)[C@H](O)[C@H]1O)C[C@@H]1[C@@]3(C)CC[C@@H](O[C@@H]4O[C@H](CO)[C@@H](O)[C@H](O)[C@H]4O)C(C)(C)C3CC[C@]12C. The molecule has 13 nitrogen and oxygen atoms in total. The number of fused-ring (bicyclic) bond motifs is 5. The molecule has 4 saturated carbocycles. The van der Waals surface area contributed by atoms with E-state index in [-0.39, 0.29) is 46.0 Å². The lowest BCUT2D eigenvalue weighted by Crippen LogP contribution is -2.68. The Kier molecular flexibility index (Phi) is 12.5. The van der Waals surface area contributed by atoms with Crippen molar-refractivity contribution < 1.29 is 64.9 Å². The predicted molar refractivity (Wildman–Crippen MR) is 201 cm³/mol. The first kappa shape index (κ1) is 43.8. The molecule has 2 heterocycles. The molecule has 1 unspecified atom stereocenters. The lowest BCUT2D eigenvalue weighted by Gasteiger charge is -2.71. The molecule has 0 radical (unpaired) electrons. The van der Waals surface area contributed by atoms with Crippen LogP contribution in [0.5, 0.6) is 0 Å². The Morgan fingerprint density at radius 2 is 1.25 bits per heavy atom. The van der Waals surface area contributed by atoms with Crippen LogP contribution in [0.15, 0.2) is 11.6 Å². The van der Waals surface area contributed by atoms with E-state index in [0.29, 0.717) is 19.3 Å². The summed E-state index contributed by atoms with van der Waals surface area (Å²) in [7, 11) is 0. The molecule has 4 aliphatic carbocycles. The van der Waals surface area contributed by atoms with E-state index < -0.39 is 91.7 Å². The molecule has 6 rings (SSSR count). The van der Waals surface area contributed by atoms with Crippen LogP contribution in [0, 0.1) is 45.3 Å². The zero-order valence-electron chi connectivity index (χ0n) is 34.3. The molecule has 0 amide bonds. The molecule has 0 aromatic rings. The van der Waals surface area contributed by atoms with Gasteiger partial charge in [-0.3, -0.25) is 0 Å². The van der Waals surface area contributed by atoms with Gasteiger partial charge in [-0.05, 0) is 124 Å². The lowest BCUT2D eigenvalue weighted by molar-refractivity contribution is -0.342. The van der Waals surface area contributed by atoms with E-state index in [2.05, 4.69) is 54.5 Å². The van der Waals surface area contributed by atoms with E-state index in [4.69, 9.17) is 18.9 Å². The van der Waals surface area contributed by atoms with E-state index in [9.17, 15) is 46.0 Å². The van der Waals surface area contributed by atoms with Crippen LogP contribution in [0.2, 0.25) is 0 Å². The third kappa shape index (κ3) is 7.20. The van der Waals surface area contributed by atoms with Crippen molar-refractivity contribution in [3.63, 3.8) is 0 Å². The van der Waals surface area contributed by atoms with Gasteiger partial charge in [-0.1, -0.05) is 46.3 Å². The van der Waals surface area contributed by atoms with Crippen molar-refractivity contribution in [2.45, 2.75) is 192 Å². The molecule has 2 saturated heterocycles. The molecule has 0 spiro atoms. The second-order valence-corrected chi connectivity index (χ2v) is 20.1. The predicted octanol–water partition coefficient (Wildman–Crippen LogP) is 2.15. The topological polar surface area (TPSA) is 219 Å². The second-order valence-electron chi connectivity index (χ2n) is 20.1. The third-order valence-corrected chi connectivity index (χ3v) is 16.6. The summed E-state index contributed by atoms with van der Waals surface area (Å²) in [5.74, 6) is 0.0816. The number of hydrogen-bond donors (Lipinski definition) is 9. The first-order valence-electron chi connectivity index (χ1n) is 20.9. The van der Waals surface area contributed by atoms with Gasteiger partial charge in [0.1, 0.15) is 48.8 Å². The minimum Gasteiger partial charge on any atom is -0.394 e. The van der Waals surface area contributed by atoms with Crippen LogP contribution in [-0.2, 0) is 18.9 Å². The van der Waals surface area contributed by atoms with Gasteiger partial charge in [-0.2, -0.15) is 0 Å². The van der Waals surface area contributed by atoms with Gasteiger partial charge in [0.25, 0.3) is 0 Å². The summed E-state index contributed by atoms with van der Waals surface area (Å²) in [6.07, 6.45) is -5.51. The molecule has 6 aliphatic rings. The van der Waals surface area contributed by atoms with Crippen LogP contribution >= 0.6 is 0 Å². The van der Waals surface area contributed by atoms with Crippen molar-refractivity contribution in [1.29, 1.82) is 0 Å². The standard InChI is InChI=1S/C42H72O13/c1-21(2)10-9-14-42(8,51)22-11-16-41(7)29(22)23(52-36-34(49)32(47)30(45)24(19-43)53-36)18-27-39(5)15-13-28(38(3,4)26(39)12-17-40(27,41)6)55-37-35(50)33(48)31(46)25(20-44)54-37/h10,22-37,43-51H,9,11-20H2,1-8H3/t22-,23+,24+,25+,26?,27+,28+,29+,30+,31+,32-,33-,34+,35+,36+,37-,39-,40+,41-,42-/m0/s1. The zero-order chi connectivity index (χ0) is 40.6. The van der Waals surface area contributed by atoms with Gasteiger partial charge in [0.15, 0.2) is 12.6 Å². The van der Waals surface area contributed by atoms with Crippen molar-refractivity contribution in [2.75, 3.05) is 13.2 Å². The second kappa shape index (κ2) is 15.7. The van der Waals surface area contributed by atoms with Gasteiger partial charge in [0.2, 0.25) is 0 Å². The average Bonchev–Trinajstić information content (AvgIpc) is 3.50. The van der Waals surface area contributed by atoms with Gasteiger partial charge in [-0.25, -0.2) is 0 Å². The molecule has 20 atom stereocenters. The van der Waals surface area contributed by atoms with Gasteiger partial charge in [0, 0.05) is 0 Å². The van der Waals surface area contributed by atoms with E-state index >= 15 is 0 Å². The normalized spacial score (nSPS) is 52.0. The summed E-state index contributed by atoms with van der Waals surface area (Å²) in [6.45, 7) is 16.5. The Bertz CT molecular complexity index is 1370. The van der Waals surface area contributed by atoms with Crippen molar-refractivity contribution in [2.24, 2.45) is 45.3 Å². The molecule has 55 heavy (non-hydrogen) atoms. The Hall–Kier alpha value is -0.780. The fraction of sp³-hybridized carbons (Fsp3) is 0.952. The Morgan fingerprint density at radius 3 is 1.80 bits per heavy atom. The summed E-state index contributed by atoms with van der Waals surface area (Å²) in [5.41, 5.74) is -0.847. The molecule has 318 valence electrons. The molecule has 0 aromatic carbocycles. The van der Waals surface area contributed by atoms with E-state index in [1.807, 2.05) is 6.92 Å². The van der Waals surface area contributed by atoms with Crippen LogP contribution in [-0.4, -0.2) is 138 Å². The van der Waals surface area contributed by atoms with E-state index in [0.717, 1.165) is 38.5 Å². The van der Waals surface area contributed by atoms with Crippen molar-refractivity contribution in [3.8, 4) is 0 Å². The molecule has 0 bridgehead atoms. The quantitative estimate of drug-likeness (QED) is 0.115. The summed E-state index contributed by atoms with van der Waals surface area (Å²) < 4.78 is 25.2. The Labute approximate surface area is 327 Å². The average molecular weight is 785 g/mol. The van der Waals surface area contributed by atoms with Crippen molar-refractivity contribution in [1.82, 2.24) is 0 Å². The van der Waals surface area contributed by atoms with Crippen LogP contribution in [0.25, 0.3) is 0 Å². The highest BCUT2D eigenvalue weighted by Crippen LogP contribution is 2.76. The van der Waals surface area contributed by atoms with Crippen molar-refractivity contribution >= 4 is 0 Å². The highest BCUT2D eigenvalue weighted by Gasteiger charge is 2.72. The monoisotopic (exact) mass is 784 g/mol. The minimum atomic E-state index is -1.57. The fourth-order valence-corrected chi connectivity index (χ4v) is 13.3. The maximum atomic E-state index is 12.3. The van der Waals surface area contributed by atoms with Crippen LogP contribution in [0.3, 0.4) is 0 Å². The maximum absolute atomic E-state index is 12.3. The van der Waals surface area contributed by atoms with Crippen LogP contribution in [0.1, 0.15) is 113 Å². The summed E-state index contributed by atoms with van der Waals surface area (Å²) >= 11 is 0. The highest BCUT2D eigenvalue weighted by atomic mass is 16.7. The van der Waals surface area contributed by atoms with E-state index in [1.54, 1.807) is 0 Å². The number of aliphatic hydroxyl groups excluding tert-OH is 8. The molecular weight excluding hydrogens is 712 g/mol. The zero-order valence-corrected chi connectivity index (χ0v) is 34.3. The third-order valence-electron chi connectivity index (χ3n) is 16.6. The molecule has 0 aromatic heterocycles. The van der Waals surface area contributed by atoms with Gasteiger partial charge >= 0.3 is 0 Å². The van der Waals surface area contributed by atoms with E-state index in [1.165, 1.54) is 5.57 Å². The van der Waals surface area contributed by atoms with Crippen molar-refractivity contribution in [3.05, 3.63) is 11.6 Å². The molecule has 2 aliphatic heterocycles. The minimum absolute atomic E-state index is 0.109. The first-order valence-corrected chi connectivity index (χ1v) is 20.9. The Balaban J connectivity index is 1.33. The van der Waals surface area contributed by atoms with Gasteiger partial charge in [-0.15, -0.1) is 0 Å². The smallest absolute Gasteiger partial charge is 0.186 e. The molecule has 13 heteroatoms. The maximum Gasteiger partial charge on any atom is 0.186 e. The number of allylic oxidation sites excluding steroid dienone is 2. The number of hydrogen-bond acceptors (Lipinski definition) is 13. The fourth-order valence-electron chi connectivity index (χ4n) is 13.3. The summed E-state index contributed by atoms with van der Waals surface area (Å²) in [6, 6.07) is 0. The largest absolute Gasteiger partial charge is 0.394 e. The highest BCUT2D eigenvalue weighted by molar-refractivity contribution is 5.20. The molecule has 6 fully saturated rings. The molecule has 9 N–H and O–H groups in total. The number of ether oxygens (including phenoxy) is 4.